The van der Waals surface area contributed by atoms with Crippen molar-refractivity contribution >= 4 is 27.7 Å². The largest absolute Gasteiger partial charge is 0.351 e. The van der Waals surface area contributed by atoms with Crippen molar-refractivity contribution in [3.63, 3.8) is 0 Å². The van der Waals surface area contributed by atoms with E-state index in [1.165, 1.54) is 11.8 Å². The second kappa shape index (κ2) is 9.92. The number of carbonyl (C=O) groups is 1. The van der Waals surface area contributed by atoms with Gasteiger partial charge in [0, 0.05) is 17.5 Å². The van der Waals surface area contributed by atoms with Gasteiger partial charge in [0.1, 0.15) is 0 Å². The number of thioether (sulfide) groups is 1. The molecule has 0 heterocycles. The van der Waals surface area contributed by atoms with E-state index in [-0.39, 0.29) is 23.0 Å². The van der Waals surface area contributed by atoms with Crippen LogP contribution >= 0.6 is 11.8 Å². The summed E-state index contributed by atoms with van der Waals surface area (Å²) in [6, 6.07) is 16.9. The summed E-state index contributed by atoms with van der Waals surface area (Å²) in [5.41, 5.74) is 1.64. The van der Waals surface area contributed by atoms with Crippen LogP contribution in [0.15, 0.2) is 59.5 Å². The van der Waals surface area contributed by atoms with Crippen molar-refractivity contribution in [3.8, 4) is 0 Å². The average molecular weight is 407 g/mol. The molecule has 0 aliphatic rings. The smallest absolute Gasteiger partial charge is 0.233 e. The van der Waals surface area contributed by atoms with Crippen molar-refractivity contribution in [2.75, 3.05) is 0 Å². The quantitative estimate of drug-likeness (QED) is 0.627. The van der Waals surface area contributed by atoms with Crippen LogP contribution in [0.1, 0.15) is 31.9 Å². The zero-order chi connectivity index (χ0) is 19.9. The van der Waals surface area contributed by atoms with E-state index in [4.69, 9.17) is 0 Å². The number of amides is 1. The summed E-state index contributed by atoms with van der Waals surface area (Å²) in [7, 11) is -3.34. The molecule has 0 aromatic heterocycles. The summed E-state index contributed by atoms with van der Waals surface area (Å²) in [4.78, 5) is 13.3. The third kappa shape index (κ3) is 7.74. The predicted molar refractivity (Wildman–Crippen MR) is 111 cm³/mol. The van der Waals surface area contributed by atoms with Crippen molar-refractivity contribution in [3.05, 3.63) is 65.7 Å². The van der Waals surface area contributed by atoms with Gasteiger partial charge in [-0.2, -0.15) is 0 Å². The van der Waals surface area contributed by atoms with Gasteiger partial charge in [-0.05, 0) is 44.0 Å². The Morgan fingerprint density at radius 2 is 1.56 bits per heavy atom. The van der Waals surface area contributed by atoms with Gasteiger partial charge in [-0.25, -0.2) is 13.1 Å². The molecule has 0 saturated carbocycles. The van der Waals surface area contributed by atoms with Gasteiger partial charge in [-0.15, -0.1) is 11.8 Å². The van der Waals surface area contributed by atoms with E-state index in [2.05, 4.69) is 10.0 Å². The van der Waals surface area contributed by atoms with E-state index >= 15 is 0 Å². The van der Waals surface area contributed by atoms with Crippen molar-refractivity contribution in [1.82, 2.24) is 10.0 Å². The lowest BCUT2D eigenvalue weighted by Gasteiger charge is -2.12. The first-order valence-corrected chi connectivity index (χ1v) is 11.4. The highest BCUT2D eigenvalue weighted by molar-refractivity contribution is 8.00. The molecule has 0 aliphatic carbocycles. The average Bonchev–Trinajstić information content (AvgIpc) is 2.60. The molecule has 146 valence electrons. The molecule has 2 aromatic rings. The lowest BCUT2D eigenvalue weighted by molar-refractivity contribution is -0.120. The Morgan fingerprint density at radius 1 is 0.963 bits per heavy atom. The summed E-state index contributed by atoms with van der Waals surface area (Å²) in [6.45, 7) is 5.87. The van der Waals surface area contributed by atoms with Gasteiger partial charge in [-0.1, -0.05) is 42.5 Å². The summed E-state index contributed by atoms with van der Waals surface area (Å²) in [5.74, 6) is -0.0839. The standard InChI is InChI=1S/C20H26N2O3S2/c1-15(2)22-27(24,25)14-18-11-9-17(10-12-18)13-21-20(23)16(3)26-19-7-5-4-6-8-19/h4-12,15-16,22H,13-14H2,1-3H3,(H,21,23)/t16-/m1/s1. The first-order valence-electron chi connectivity index (χ1n) is 8.82. The van der Waals surface area contributed by atoms with Crippen molar-refractivity contribution in [2.45, 2.75) is 49.3 Å². The fraction of sp³-hybridized carbons (Fsp3) is 0.350. The van der Waals surface area contributed by atoms with E-state index in [0.717, 1.165) is 10.5 Å². The van der Waals surface area contributed by atoms with E-state index in [1.807, 2.05) is 49.4 Å². The predicted octanol–water partition coefficient (Wildman–Crippen LogP) is 3.31. The fourth-order valence-corrected chi connectivity index (χ4v) is 4.81. The molecule has 5 nitrogen and oxygen atoms in total. The lowest BCUT2D eigenvalue weighted by Crippen LogP contribution is -2.31. The van der Waals surface area contributed by atoms with Crippen LogP contribution in [0.25, 0.3) is 0 Å². The number of carbonyl (C=O) groups excluding carboxylic acids is 1. The lowest BCUT2D eigenvalue weighted by atomic mass is 10.1. The van der Waals surface area contributed by atoms with Crippen molar-refractivity contribution in [1.29, 1.82) is 0 Å². The molecule has 7 heteroatoms. The van der Waals surface area contributed by atoms with Crippen molar-refractivity contribution < 1.29 is 13.2 Å². The third-order valence-electron chi connectivity index (χ3n) is 3.69. The monoisotopic (exact) mass is 406 g/mol. The molecular weight excluding hydrogens is 380 g/mol. The molecular formula is C20H26N2O3S2. The SMILES string of the molecule is CC(C)NS(=O)(=O)Cc1ccc(CNC(=O)[C@@H](C)Sc2ccccc2)cc1. The number of rotatable bonds is 9. The highest BCUT2D eigenvalue weighted by atomic mass is 32.2. The van der Waals surface area contributed by atoms with Crippen LogP contribution in [0.5, 0.6) is 0 Å². The molecule has 2 aromatic carbocycles. The summed E-state index contributed by atoms with van der Waals surface area (Å²) < 4.78 is 26.5. The molecule has 0 radical (unpaired) electrons. The number of sulfonamides is 1. The number of hydrogen-bond donors (Lipinski definition) is 2. The Balaban J connectivity index is 1.84. The molecule has 1 atom stereocenters. The highest BCUT2D eigenvalue weighted by Gasteiger charge is 2.15. The first kappa shape index (κ1) is 21.5. The number of benzene rings is 2. The summed E-state index contributed by atoms with van der Waals surface area (Å²) in [5, 5.41) is 2.73. The molecule has 0 bridgehead atoms. The van der Waals surface area contributed by atoms with Crippen LogP contribution < -0.4 is 10.0 Å². The van der Waals surface area contributed by atoms with Gasteiger partial charge >= 0.3 is 0 Å². The third-order valence-corrected chi connectivity index (χ3v) is 6.34. The van der Waals surface area contributed by atoms with Gasteiger partial charge < -0.3 is 5.32 Å². The fourth-order valence-electron chi connectivity index (χ4n) is 2.46. The molecule has 0 spiro atoms. The van der Waals surface area contributed by atoms with Gasteiger partial charge in [0.2, 0.25) is 15.9 Å². The molecule has 0 aliphatic heterocycles. The van der Waals surface area contributed by atoms with Crippen molar-refractivity contribution in [2.24, 2.45) is 0 Å². The Kier molecular flexibility index (Phi) is 7.89. The minimum absolute atomic E-state index is 0.0309. The first-order chi connectivity index (χ1) is 12.7. The Hall–Kier alpha value is -1.83. The van der Waals surface area contributed by atoms with Gasteiger partial charge in [0.15, 0.2) is 0 Å². The maximum atomic E-state index is 12.3. The molecule has 2 N–H and O–H groups in total. The van der Waals surface area contributed by atoms with Crippen LogP contribution in [0.3, 0.4) is 0 Å². The molecule has 0 unspecified atom stereocenters. The Labute approximate surface area is 166 Å². The molecule has 2 rings (SSSR count). The minimum atomic E-state index is -3.34. The van der Waals surface area contributed by atoms with Gasteiger partial charge in [0.05, 0.1) is 11.0 Å². The molecule has 0 fully saturated rings. The Bertz CT molecular complexity index is 835. The summed E-state index contributed by atoms with van der Waals surface area (Å²) in [6.07, 6.45) is 0. The zero-order valence-electron chi connectivity index (χ0n) is 15.8. The maximum Gasteiger partial charge on any atom is 0.233 e. The van der Waals surface area contributed by atoms with E-state index in [9.17, 15) is 13.2 Å². The zero-order valence-corrected chi connectivity index (χ0v) is 17.4. The van der Waals surface area contributed by atoms with Crippen LogP contribution in [-0.4, -0.2) is 25.6 Å². The summed E-state index contributed by atoms with van der Waals surface area (Å²) >= 11 is 1.51. The van der Waals surface area contributed by atoms with E-state index < -0.39 is 10.0 Å². The topological polar surface area (TPSA) is 75.3 Å². The minimum Gasteiger partial charge on any atom is -0.351 e. The Morgan fingerprint density at radius 3 is 2.15 bits per heavy atom. The molecule has 27 heavy (non-hydrogen) atoms. The van der Waals surface area contributed by atoms with Crippen LogP contribution in [-0.2, 0) is 27.1 Å². The van der Waals surface area contributed by atoms with Crippen LogP contribution in [0, 0.1) is 0 Å². The van der Waals surface area contributed by atoms with Crippen LogP contribution in [0.2, 0.25) is 0 Å². The highest BCUT2D eigenvalue weighted by Crippen LogP contribution is 2.22. The van der Waals surface area contributed by atoms with E-state index in [1.54, 1.807) is 26.0 Å². The van der Waals surface area contributed by atoms with Crippen LogP contribution in [0.4, 0.5) is 0 Å². The number of hydrogen-bond acceptors (Lipinski definition) is 4. The second-order valence-corrected chi connectivity index (χ2v) is 9.81. The molecule has 0 saturated heterocycles. The maximum absolute atomic E-state index is 12.3. The van der Waals surface area contributed by atoms with E-state index in [0.29, 0.717) is 12.1 Å². The van der Waals surface area contributed by atoms with Gasteiger partial charge in [0.25, 0.3) is 0 Å². The second-order valence-electron chi connectivity index (χ2n) is 6.64. The number of nitrogens with one attached hydrogen (secondary N) is 2. The van der Waals surface area contributed by atoms with Gasteiger partial charge in [-0.3, -0.25) is 4.79 Å². The normalized spacial score (nSPS) is 12.7. The molecule has 1 amide bonds.